The third kappa shape index (κ3) is 3.66. The highest BCUT2D eigenvalue weighted by Gasteiger charge is 2.39. The molecule has 5 heteroatoms. The fraction of sp³-hybridized carbons (Fsp3) is 0.0870. The minimum Gasteiger partial charge on any atom is -0.509 e. The van der Waals surface area contributed by atoms with Gasteiger partial charge < -0.3 is 10.4 Å². The van der Waals surface area contributed by atoms with Crippen LogP contribution in [0.4, 0.5) is 0 Å². The van der Waals surface area contributed by atoms with Gasteiger partial charge in [-0.25, -0.2) is 0 Å². The normalized spacial score (nSPS) is 16.5. The Bertz CT molecular complexity index is 982. The van der Waals surface area contributed by atoms with Crippen LogP contribution in [0.1, 0.15) is 17.0 Å². The number of hydrogen-bond donors (Lipinski definition) is 2. The summed E-state index contributed by atoms with van der Waals surface area (Å²) in [5, 5.41) is 14.5. The number of carbonyl (C=O) groups is 1. The number of rotatable bonds is 5. The van der Waals surface area contributed by atoms with E-state index in [1.165, 1.54) is 11.8 Å². The lowest BCUT2D eigenvalue weighted by atomic mass is 9.85. The molecule has 4 rings (SSSR count). The van der Waals surface area contributed by atoms with Gasteiger partial charge in [-0.05, 0) is 23.3 Å². The van der Waals surface area contributed by atoms with Crippen molar-refractivity contribution in [1.82, 2.24) is 5.32 Å². The van der Waals surface area contributed by atoms with Gasteiger partial charge in [0.05, 0.1) is 11.1 Å². The summed E-state index contributed by atoms with van der Waals surface area (Å²) in [6, 6.07) is 26.5. The lowest BCUT2D eigenvalue weighted by molar-refractivity contribution is -0.116. The van der Waals surface area contributed by atoms with Gasteiger partial charge in [0.1, 0.15) is 10.7 Å². The van der Waals surface area contributed by atoms with Gasteiger partial charge >= 0.3 is 0 Å². The third-order valence-corrected chi connectivity index (χ3v) is 6.34. The molecule has 1 atom stereocenters. The van der Waals surface area contributed by atoms with E-state index in [0.717, 1.165) is 16.0 Å². The average molecular weight is 408 g/mol. The van der Waals surface area contributed by atoms with Crippen LogP contribution >= 0.6 is 23.4 Å². The van der Waals surface area contributed by atoms with Crippen LogP contribution in [-0.2, 0) is 4.79 Å². The zero-order chi connectivity index (χ0) is 19.5. The van der Waals surface area contributed by atoms with E-state index in [9.17, 15) is 9.90 Å². The highest BCUT2D eigenvalue weighted by molar-refractivity contribution is 8.04. The zero-order valence-electron chi connectivity index (χ0n) is 14.9. The van der Waals surface area contributed by atoms with Gasteiger partial charge in [0.2, 0.25) is 0 Å². The summed E-state index contributed by atoms with van der Waals surface area (Å²) < 4.78 is 0. The molecule has 0 saturated carbocycles. The van der Waals surface area contributed by atoms with Gasteiger partial charge in [0.15, 0.2) is 0 Å². The molecule has 0 bridgehead atoms. The van der Waals surface area contributed by atoms with Crippen molar-refractivity contribution in [2.75, 3.05) is 0 Å². The molecule has 3 nitrogen and oxygen atoms in total. The first-order valence-electron chi connectivity index (χ1n) is 8.91. The van der Waals surface area contributed by atoms with Crippen LogP contribution in [0.5, 0.6) is 0 Å². The number of aliphatic hydroxyl groups excluding tert-OH is 1. The van der Waals surface area contributed by atoms with Crippen LogP contribution in [0.25, 0.3) is 0 Å². The maximum absolute atomic E-state index is 12.7. The predicted molar refractivity (Wildman–Crippen MR) is 114 cm³/mol. The van der Waals surface area contributed by atoms with Crippen molar-refractivity contribution >= 4 is 29.3 Å². The monoisotopic (exact) mass is 407 g/mol. The van der Waals surface area contributed by atoms with Crippen LogP contribution in [-0.4, -0.2) is 17.1 Å². The SMILES string of the molecule is O=C1N[C@@H](C(c2ccccc2)c2ccccc2)C(O)=C1Sc1ccccc1Cl. The molecule has 0 radical (unpaired) electrons. The summed E-state index contributed by atoms with van der Waals surface area (Å²) in [7, 11) is 0. The summed E-state index contributed by atoms with van der Waals surface area (Å²) in [5.74, 6) is -0.437. The van der Waals surface area contributed by atoms with Gasteiger partial charge in [-0.2, -0.15) is 0 Å². The summed E-state index contributed by atoms with van der Waals surface area (Å²) in [5.41, 5.74) is 2.05. The highest BCUT2D eigenvalue weighted by Crippen LogP contribution is 2.40. The number of aliphatic hydroxyl groups is 1. The van der Waals surface area contributed by atoms with E-state index in [1.807, 2.05) is 78.9 Å². The van der Waals surface area contributed by atoms with Gasteiger partial charge in [-0.3, -0.25) is 4.79 Å². The number of amides is 1. The Hall–Kier alpha value is -2.69. The molecule has 0 unspecified atom stereocenters. The molecule has 3 aromatic rings. The van der Waals surface area contributed by atoms with Crippen LogP contribution in [0.15, 0.2) is 100 Å². The molecule has 0 aromatic heterocycles. The minimum atomic E-state index is -0.540. The van der Waals surface area contributed by atoms with E-state index >= 15 is 0 Å². The maximum atomic E-state index is 12.7. The number of halogens is 1. The molecule has 3 aromatic carbocycles. The second kappa shape index (κ2) is 8.13. The standard InChI is InChI=1S/C23H18ClNO2S/c24-17-13-7-8-14-18(17)28-22-21(26)20(25-23(22)27)19(15-9-3-1-4-10-15)16-11-5-2-6-12-16/h1-14,19-20,26H,(H,25,27)/t20-/m0/s1. The first kappa shape index (κ1) is 18.7. The highest BCUT2D eigenvalue weighted by atomic mass is 35.5. The predicted octanol–water partition coefficient (Wildman–Crippen LogP) is 5.53. The fourth-order valence-corrected chi connectivity index (χ4v) is 4.57. The van der Waals surface area contributed by atoms with Crippen molar-refractivity contribution < 1.29 is 9.90 Å². The molecular formula is C23H18ClNO2S. The molecule has 0 aliphatic carbocycles. The van der Waals surface area contributed by atoms with E-state index in [0.29, 0.717) is 5.02 Å². The Morgan fingerprint density at radius 2 is 1.39 bits per heavy atom. The minimum absolute atomic E-state index is 0.0487. The number of benzene rings is 3. The third-order valence-electron chi connectivity index (χ3n) is 4.72. The Balaban J connectivity index is 1.74. The summed E-state index contributed by atoms with van der Waals surface area (Å²) in [6.45, 7) is 0. The molecule has 1 amide bonds. The molecule has 1 aliphatic heterocycles. The maximum Gasteiger partial charge on any atom is 0.262 e. The van der Waals surface area contributed by atoms with Crippen molar-refractivity contribution in [2.24, 2.45) is 0 Å². The molecular weight excluding hydrogens is 390 g/mol. The van der Waals surface area contributed by atoms with Crippen LogP contribution < -0.4 is 5.32 Å². The molecule has 0 saturated heterocycles. The van der Waals surface area contributed by atoms with Crippen molar-refractivity contribution in [2.45, 2.75) is 16.9 Å². The lowest BCUT2D eigenvalue weighted by Crippen LogP contribution is -2.35. The van der Waals surface area contributed by atoms with Crippen molar-refractivity contribution in [1.29, 1.82) is 0 Å². The molecule has 1 aliphatic rings. The summed E-state index contributed by atoms with van der Waals surface area (Å²) in [6.07, 6.45) is 0. The second-order valence-electron chi connectivity index (χ2n) is 6.50. The van der Waals surface area contributed by atoms with Gasteiger partial charge in [-0.1, -0.05) is 96.2 Å². The molecule has 140 valence electrons. The number of hydrogen-bond acceptors (Lipinski definition) is 3. The lowest BCUT2D eigenvalue weighted by Gasteiger charge is -2.25. The summed E-state index contributed by atoms with van der Waals surface area (Å²) >= 11 is 7.42. The van der Waals surface area contributed by atoms with E-state index < -0.39 is 6.04 Å². The van der Waals surface area contributed by atoms with Gasteiger partial charge in [0.25, 0.3) is 5.91 Å². The van der Waals surface area contributed by atoms with E-state index in [1.54, 1.807) is 6.07 Å². The van der Waals surface area contributed by atoms with Crippen LogP contribution in [0, 0.1) is 0 Å². The Labute approximate surface area is 173 Å². The summed E-state index contributed by atoms with van der Waals surface area (Å²) in [4.78, 5) is 13.7. The molecule has 0 fully saturated rings. The number of nitrogens with one attached hydrogen (secondary N) is 1. The van der Waals surface area contributed by atoms with E-state index in [4.69, 9.17) is 11.6 Å². The Kier molecular flexibility index (Phi) is 5.42. The van der Waals surface area contributed by atoms with Crippen molar-refractivity contribution in [3.63, 3.8) is 0 Å². The Morgan fingerprint density at radius 3 is 1.96 bits per heavy atom. The topological polar surface area (TPSA) is 49.3 Å². The first-order valence-corrected chi connectivity index (χ1v) is 10.1. The van der Waals surface area contributed by atoms with Crippen LogP contribution in [0.2, 0.25) is 5.02 Å². The molecule has 28 heavy (non-hydrogen) atoms. The quantitative estimate of drug-likeness (QED) is 0.584. The largest absolute Gasteiger partial charge is 0.509 e. The Morgan fingerprint density at radius 1 is 0.857 bits per heavy atom. The van der Waals surface area contributed by atoms with Crippen LogP contribution in [0.3, 0.4) is 0 Å². The van der Waals surface area contributed by atoms with Gasteiger partial charge in [-0.15, -0.1) is 0 Å². The zero-order valence-corrected chi connectivity index (χ0v) is 16.5. The average Bonchev–Trinajstić information content (AvgIpc) is 2.99. The first-order chi connectivity index (χ1) is 13.6. The number of carbonyl (C=O) groups excluding carboxylic acids is 1. The molecule has 0 spiro atoms. The van der Waals surface area contributed by atoms with E-state index in [-0.39, 0.29) is 22.5 Å². The fourth-order valence-electron chi connectivity index (χ4n) is 3.41. The molecule has 2 N–H and O–H groups in total. The van der Waals surface area contributed by atoms with Crippen molar-refractivity contribution in [3.05, 3.63) is 112 Å². The smallest absolute Gasteiger partial charge is 0.262 e. The van der Waals surface area contributed by atoms with E-state index in [2.05, 4.69) is 5.32 Å². The number of thioether (sulfide) groups is 1. The second-order valence-corrected chi connectivity index (χ2v) is 7.96. The molecule has 1 heterocycles. The van der Waals surface area contributed by atoms with Crippen molar-refractivity contribution in [3.8, 4) is 0 Å². The van der Waals surface area contributed by atoms with Gasteiger partial charge in [0, 0.05) is 10.8 Å².